The smallest absolute Gasteiger partial charge is 0.224 e. The second kappa shape index (κ2) is 3.79. The zero-order valence-electron chi connectivity index (χ0n) is 7.65. The van der Waals surface area contributed by atoms with E-state index in [2.05, 4.69) is 4.98 Å². The third kappa shape index (κ3) is 2.08. The summed E-state index contributed by atoms with van der Waals surface area (Å²) in [4.78, 5) is 3.69. The predicted molar refractivity (Wildman–Crippen MR) is 56.8 cm³/mol. The fourth-order valence-electron chi connectivity index (χ4n) is 1.35. The minimum Gasteiger partial charge on any atom is -0.224 e. The Balaban J connectivity index is 2.72. The topological polar surface area (TPSA) is 12.9 Å². The highest BCUT2D eigenvalue weighted by Gasteiger charge is 2.30. The maximum atomic E-state index is 12.4. The van der Waals surface area contributed by atoms with Crippen LogP contribution in [0.3, 0.4) is 0 Å². The van der Waals surface area contributed by atoms with Gasteiger partial charge in [-0.1, -0.05) is 29.3 Å². The van der Waals surface area contributed by atoms with Crippen molar-refractivity contribution in [2.75, 3.05) is 0 Å². The van der Waals surface area contributed by atoms with E-state index in [4.69, 9.17) is 23.2 Å². The molecule has 0 bridgehead atoms. The standard InChI is InChI=1S/C10H4Cl2F3N/c11-8-3-5-1-2-6(10(13,14)15)4-7(5)9(12)16-8/h1-4H. The molecule has 16 heavy (non-hydrogen) atoms. The van der Waals surface area contributed by atoms with E-state index < -0.39 is 11.7 Å². The highest BCUT2D eigenvalue weighted by Crippen LogP contribution is 2.33. The van der Waals surface area contributed by atoms with Crippen LogP contribution in [-0.2, 0) is 6.18 Å². The van der Waals surface area contributed by atoms with E-state index in [9.17, 15) is 13.2 Å². The average Bonchev–Trinajstić information content (AvgIpc) is 2.15. The first-order chi connectivity index (χ1) is 7.38. The van der Waals surface area contributed by atoms with Crippen molar-refractivity contribution in [3.63, 3.8) is 0 Å². The fraction of sp³-hybridized carbons (Fsp3) is 0.100. The molecule has 0 aliphatic carbocycles. The van der Waals surface area contributed by atoms with Gasteiger partial charge < -0.3 is 0 Å². The number of alkyl halides is 3. The molecule has 0 amide bonds. The van der Waals surface area contributed by atoms with Gasteiger partial charge in [0, 0.05) is 5.39 Å². The number of aromatic nitrogens is 1. The lowest BCUT2D eigenvalue weighted by Crippen LogP contribution is -2.04. The van der Waals surface area contributed by atoms with Gasteiger partial charge in [-0.3, -0.25) is 0 Å². The lowest BCUT2D eigenvalue weighted by Gasteiger charge is -2.08. The molecule has 2 rings (SSSR count). The normalized spacial score (nSPS) is 12.1. The molecule has 0 N–H and O–H groups in total. The van der Waals surface area contributed by atoms with E-state index in [1.807, 2.05) is 0 Å². The molecule has 2 aromatic rings. The largest absolute Gasteiger partial charge is 0.416 e. The molecule has 0 aliphatic heterocycles. The van der Waals surface area contributed by atoms with E-state index in [-0.39, 0.29) is 15.7 Å². The quantitative estimate of drug-likeness (QED) is 0.637. The van der Waals surface area contributed by atoms with E-state index in [0.29, 0.717) is 5.39 Å². The van der Waals surface area contributed by atoms with Crippen molar-refractivity contribution in [3.8, 4) is 0 Å². The summed E-state index contributed by atoms with van der Waals surface area (Å²) in [5.41, 5.74) is -0.758. The van der Waals surface area contributed by atoms with Gasteiger partial charge in [0.25, 0.3) is 0 Å². The highest BCUT2D eigenvalue weighted by molar-refractivity contribution is 6.36. The molecule has 1 heterocycles. The SMILES string of the molecule is FC(F)(F)c1ccc2cc(Cl)nc(Cl)c2c1. The summed E-state index contributed by atoms with van der Waals surface area (Å²) in [7, 11) is 0. The molecule has 6 heteroatoms. The predicted octanol–water partition coefficient (Wildman–Crippen LogP) is 4.56. The number of hydrogen-bond acceptors (Lipinski definition) is 1. The first-order valence-corrected chi connectivity index (χ1v) is 4.96. The van der Waals surface area contributed by atoms with Crippen molar-refractivity contribution >= 4 is 34.0 Å². The van der Waals surface area contributed by atoms with Crippen LogP contribution in [0.4, 0.5) is 13.2 Å². The Labute approximate surface area is 98.8 Å². The molecule has 0 saturated carbocycles. The highest BCUT2D eigenvalue weighted by atomic mass is 35.5. The van der Waals surface area contributed by atoms with Crippen LogP contribution in [0, 0.1) is 0 Å². The Bertz CT molecular complexity index is 551. The number of fused-ring (bicyclic) bond motifs is 1. The fourth-order valence-corrected chi connectivity index (χ4v) is 1.85. The number of benzene rings is 1. The Morgan fingerprint density at radius 3 is 2.38 bits per heavy atom. The zero-order valence-corrected chi connectivity index (χ0v) is 9.16. The summed E-state index contributed by atoms with van der Waals surface area (Å²) in [5, 5.41) is 0.879. The third-order valence-electron chi connectivity index (χ3n) is 2.08. The van der Waals surface area contributed by atoms with Crippen LogP contribution in [-0.4, -0.2) is 4.98 Å². The lowest BCUT2D eigenvalue weighted by molar-refractivity contribution is -0.137. The van der Waals surface area contributed by atoms with Crippen molar-refractivity contribution in [2.45, 2.75) is 6.18 Å². The van der Waals surface area contributed by atoms with Gasteiger partial charge in [0.05, 0.1) is 5.56 Å². The van der Waals surface area contributed by atoms with Gasteiger partial charge in [-0.15, -0.1) is 0 Å². The zero-order chi connectivity index (χ0) is 11.9. The summed E-state index contributed by atoms with van der Waals surface area (Å²) >= 11 is 11.4. The number of rotatable bonds is 0. The molecule has 1 nitrogen and oxygen atoms in total. The van der Waals surface area contributed by atoms with Crippen molar-refractivity contribution in [1.29, 1.82) is 0 Å². The minimum atomic E-state index is -4.39. The van der Waals surface area contributed by atoms with Crippen LogP contribution in [0.25, 0.3) is 10.8 Å². The summed E-state index contributed by atoms with van der Waals surface area (Å²) in [5.74, 6) is 0. The van der Waals surface area contributed by atoms with Gasteiger partial charge in [-0.25, -0.2) is 4.98 Å². The van der Waals surface area contributed by atoms with E-state index in [1.165, 1.54) is 12.1 Å². The van der Waals surface area contributed by atoms with Crippen LogP contribution in [0.1, 0.15) is 5.56 Å². The number of hydrogen-bond donors (Lipinski definition) is 0. The second-order valence-electron chi connectivity index (χ2n) is 3.17. The molecule has 0 radical (unpaired) electrons. The first-order valence-electron chi connectivity index (χ1n) is 4.21. The maximum absolute atomic E-state index is 12.4. The van der Waals surface area contributed by atoms with Gasteiger partial charge in [-0.05, 0) is 23.6 Å². The van der Waals surface area contributed by atoms with Crippen LogP contribution in [0.5, 0.6) is 0 Å². The van der Waals surface area contributed by atoms with Crippen molar-refractivity contribution < 1.29 is 13.2 Å². The monoisotopic (exact) mass is 265 g/mol. The molecule has 0 unspecified atom stereocenters. The van der Waals surface area contributed by atoms with Crippen LogP contribution < -0.4 is 0 Å². The van der Waals surface area contributed by atoms with Gasteiger partial charge in [0.1, 0.15) is 10.3 Å². The van der Waals surface area contributed by atoms with Crippen LogP contribution >= 0.6 is 23.2 Å². The third-order valence-corrected chi connectivity index (χ3v) is 2.56. The summed E-state index contributed by atoms with van der Waals surface area (Å²) in [6.45, 7) is 0. The van der Waals surface area contributed by atoms with Crippen molar-refractivity contribution in [3.05, 3.63) is 40.1 Å². The van der Waals surface area contributed by atoms with Crippen LogP contribution in [0.2, 0.25) is 10.3 Å². The van der Waals surface area contributed by atoms with E-state index >= 15 is 0 Å². The average molecular weight is 266 g/mol. The number of halogens is 5. The lowest BCUT2D eigenvalue weighted by atomic mass is 10.1. The molecule has 84 valence electrons. The van der Waals surface area contributed by atoms with Gasteiger partial charge in [0.15, 0.2) is 0 Å². The van der Waals surface area contributed by atoms with Crippen LogP contribution in [0.15, 0.2) is 24.3 Å². The second-order valence-corrected chi connectivity index (χ2v) is 3.91. The molecule has 0 atom stereocenters. The summed E-state index contributed by atoms with van der Waals surface area (Å²) in [6, 6.07) is 4.72. The van der Waals surface area contributed by atoms with E-state index in [0.717, 1.165) is 12.1 Å². The van der Waals surface area contributed by atoms with Crippen molar-refractivity contribution in [1.82, 2.24) is 4.98 Å². The molecule has 1 aromatic carbocycles. The molecule has 1 aromatic heterocycles. The Kier molecular flexibility index (Phi) is 2.72. The Hall–Kier alpha value is -1.00. The number of nitrogens with zero attached hydrogens (tertiary/aromatic N) is 1. The minimum absolute atomic E-state index is 0.0337. The summed E-state index contributed by atoms with van der Waals surface area (Å²) in [6.07, 6.45) is -4.39. The maximum Gasteiger partial charge on any atom is 0.416 e. The Morgan fingerprint density at radius 1 is 1.06 bits per heavy atom. The molecule has 0 spiro atoms. The molecule has 0 aliphatic rings. The van der Waals surface area contributed by atoms with Gasteiger partial charge >= 0.3 is 6.18 Å². The summed E-state index contributed by atoms with van der Waals surface area (Å²) < 4.78 is 37.3. The van der Waals surface area contributed by atoms with Gasteiger partial charge in [-0.2, -0.15) is 13.2 Å². The van der Waals surface area contributed by atoms with E-state index in [1.54, 1.807) is 0 Å². The molecular weight excluding hydrogens is 262 g/mol. The molecule has 0 saturated heterocycles. The molecule has 0 fully saturated rings. The first kappa shape index (κ1) is 11.5. The molecular formula is C10H4Cl2F3N. The Morgan fingerprint density at radius 2 is 1.75 bits per heavy atom. The number of pyridine rings is 1. The van der Waals surface area contributed by atoms with Crippen molar-refractivity contribution in [2.24, 2.45) is 0 Å². The van der Waals surface area contributed by atoms with Gasteiger partial charge in [0.2, 0.25) is 0 Å².